The Labute approximate surface area is 192 Å². The molecule has 3 N–H and O–H groups in total. The number of nitrogens with zero attached hydrogens (tertiary/aromatic N) is 5. The van der Waals surface area contributed by atoms with Gasteiger partial charge in [0.15, 0.2) is 0 Å². The second-order valence-electron chi connectivity index (χ2n) is 9.41. The Morgan fingerprint density at radius 3 is 2.76 bits per heavy atom. The van der Waals surface area contributed by atoms with Gasteiger partial charge in [0.1, 0.15) is 5.82 Å². The maximum Gasteiger partial charge on any atom is 0.254 e. The van der Waals surface area contributed by atoms with Gasteiger partial charge in [0, 0.05) is 38.2 Å². The summed E-state index contributed by atoms with van der Waals surface area (Å²) in [6, 6.07) is 3.94. The van der Waals surface area contributed by atoms with Crippen molar-refractivity contribution in [1.82, 2.24) is 24.8 Å². The van der Waals surface area contributed by atoms with E-state index in [-0.39, 0.29) is 11.8 Å². The normalized spacial score (nSPS) is 18.2. The van der Waals surface area contributed by atoms with Crippen LogP contribution >= 0.6 is 0 Å². The van der Waals surface area contributed by atoms with E-state index in [1.54, 1.807) is 18.7 Å². The van der Waals surface area contributed by atoms with Crippen molar-refractivity contribution in [2.45, 2.75) is 38.8 Å². The van der Waals surface area contributed by atoms with Crippen molar-refractivity contribution in [2.24, 2.45) is 13.0 Å². The summed E-state index contributed by atoms with van der Waals surface area (Å²) in [4.78, 5) is 28.3. The van der Waals surface area contributed by atoms with Crippen LogP contribution in [0.2, 0.25) is 0 Å². The molecule has 3 aromatic rings. The van der Waals surface area contributed by atoms with E-state index in [9.17, 15) is 9.90 Å². The predicted octanol–water partition coefficient (Wildman–Crippen LogP) is 2.85. The molecule has 1 saturated heterocycles. The van der Waals surface area contributed by atoms with Crippen molar-refractivity contribution in [3.05, 3.63) is 48.2 Å². The minimum Gasteiger partial charge on any atom is -0.390 e. The molecule has 2 aliphatic rings. The number of carbonyl (C=O) groups is 1. The van der Waals surface area contributed by atoms with E-state index in [0.717, 1.165) is 48.6 Å². The quantitative estimate of drug-likeness (QED) is 0.552. The summed E-state index contributed by atoms with van der Waals surface area (Å²) >= 11 is 0. The number of fused-ring (bicyclic) bond motifs is 1. The highest BCUT2D eigenvalue weighted by atomic mass is 16.3. The van der Waals surface area contributed by atoms with E-state index >= 15 is 0 Å². The number of carbonyl (C=O) groups excluding carboxylic acids is 1. The number of aromatic nitrogens is 4. The van der Waals surface area contributed by atoms with Crippen molar-refractivity contribution >= 4 is 23.1 Å². The first kappa shape index (κ1) is 21.4. The first-order chi connectivity index (χ1) is 15.8. The third kappa shape index (κ3) is 4.04. The molecule has 172 valence electrons. The zero-order valence-electron chi connectivity index (χ0n) is 19.2. The maximum absolute atomic E-state index is 12.6. The SMILES string of the molecule is Cn1cncc1-c1ncc(Nc2ccc(N3CCC[C@@H](C(C)(C)O)C3)cn2)c2c1CNC2=O. The number of rotatable bonds is 5. The number of piperidine rings is 1. The van der Waals surface area contributed by atoms with Gasteiger partial charge in [-0.25, -0.2) is 9.97 Å². The average molecular weight is 448 g/mol. The first-order valence-corrected chi connectivity index (χ1v) is 11.3. The number of aliphatic hydroxyl groups is 1. The van der Waals surface area contributed by atoms with Crippen LogP contribution in [0.5, 0.6) is 0 Å². The molecule has 0 aromatic carbocycles. The van der Waals surface area contributed by atoms with E-state index < -0.39 is 5.60 Å². The van der Waals surface area contributed by atoms with E-state index in [1.165, 1.54) is 0 Å². The van der Waals surface area contributed by atoms with Gasteiger partial charge in [-0.05, 0) is 38.8 Å². The van der Waals surface area contributed by atoms with Crippen molar-refractivity contribution in [2.75, 3.05) is 23.3 Å². The molecule has 9 heteroatoms. The molecule has 0 saturated carbocycles. The third-order valence-corrected chi connectivity index (χ3v) is 6.69. The Hall–Kier alpha value is -3.46. The van der Waals surface area contributed by atoms with Crippen LogP contribution in [0.1, 0.15) is 42.6 Å². The number of aryl methyl sites for hydroxylation is 1. The van der Waals surface area contributed by atoms with Gasteiger partial charge >= 0.3 is 0 Å². The van der Waals surface area contributed by atoms with Crippen LogP contribution in [0, 0.1) is 5.92 Å². The van der Waals surface area contributed by atoms with Crippen LogP contribution < -0.4 is 15.5 Å². The zero-order valence-corrected chi connectivity index (χ0v) is 19.2. The topological polar surface area (TPSA) is 108 Å². The summed E-state index contributed by atoms with van der Waals surface area (Å²) < 4.78 is 1.89. The van der Waals surface area contributed by atoms with Crippen LogP contribution in [0.3, 0.4) is 0 Å². The van der Waals surface area contributed by atoms with Gasteiger partial charge in [0.05, 0.1) is 58.8 Å². The maximum atomic E-state index is 12.6. The predicted molar refractivity (Wildman–Crippen MR) is 126 cm³/mol. The van der Waals surface area contributed by atoms with E-state index in [1.807, 2.05) is 43.8 Å². The van der Waals surface area contributed by atoms with Gasteiger partial charge in [0.25, 0.3) is 5.91 Å². The van der Waals surface area contributed by atoms with Crippen LogP contribution in [0.4, 0.5) is 17.2 Å². The summed E-state index contributed by atoms with van der Waals surface area (Å²) in [5, 5.41) is 16.6. The molecular formula is C24H29N7O2. The van der Waals surface area contributed by atoms with Gasteiger partial charge < -0.3 is 25.2 Å². The lowest BCUT2D eigenvalue weighted by atomic mass is 9.84. The standard InChI is InChI=1S/C24H29N7O2/c1-24(2,33)15-5-4-8-31(13-15)16-6-7-20(26-9-16)29-18-11-27-22(19-12-25-14-30(19)3)17-10-28-23(32)21(17)18/h6-7,9,11-12,14-15,33H,4-5,8,10,13H2,1-3H3,(H,26,29)(H,28,32)/t15-/m1/s1. The molecule has 0 spiro atoms. The monoisotopic (exact) mass is 447 g/mol. The summed E-state index contributed by atoms with van der Waals surface area (Å²) in [7, 11) is 1.91. The number of anilines is 3. The lowest BCUT2D eigenvalue weighted by Gasteiger charge is -2.39. The van der Waals surface area contributed by atoms with Gasteiger partial charge in [-0.15, -0.1) is 0 Å². The molecule has 0 radical (unpaired) electrons. The largest absolute Gasteiger partial charge is 0.390 e. The smallest absolute Gasteiger partial charge is 0.254 e. The molecule has 9 nitrogen and oxygen atoms in total. The molecule has 5 rings (SSSR count). The summed E-state index contributed by atoms with van der Waals surface area (Å²) in [6.07, 6.45) is 9.07. The molecular weight excluding hydrogens is 418 g/mol. The first-order valence-electron chi connectivity index (χ1n) is 11.3. The number of hydrogen-bond acceptors (Lipinski definition) is 7. The Morgan fingerprint density at radius 2 is 2.06 bits per heavy atom. The number of nitrogens with one attached hydrogen (secondary N) is 2. The highest BCUT2D eigenvalue weighted by Crippen LogP contribution is 2.34. The van der Waals surface area contributed by atoms with Gasteiger partial charge in [-0.3, -0.25) is 9.78 Å². The average Bonchev–Trinajstić information content (AvgIpc) is 3.40. The van der Waals surface area contributed by atoms with Gasteiger partial charge in [-0.2, -0.15) is 0 Å². The highest BCUT2D eigenvalue weighted by molar-refractivity contribution is 6.05. The third-order valence-electron chi connectivity index (χ3n) is 6.69. The summed E-state index contributed by atoms with van der Waals surface area (Å²) in [5.74, 6) is 0.752. The van der Waals surface area contributed by atoms with Gasteiger partial charge in [-0.1, -0.05) is 0 Å². The minimum absolute atomic E-state index is 0.124. The van der Waals surface area contributed by atoms with Crippen LogP contribution in [-0.2, 0) is 13.6 Å². The minimum atomic E-state index is -0.691. The van der Waals surface area contributed by atoms with Crippen molar-refractivity contribution in [3.63, 3.8) is 0 Å². The second kappa shape index (κ2) is 8.15. The number of pyridine rings is 2. The Kier molecular flexibility index (Phi) is 5.28. The molecule has 1 fully saturated rings. The van der Waals surface area contributed by atoms with Crippen LogP contribution in [0.25, 0.3) is 11.4 Å². The number of imidazole rings is 1. The Bertz CT molecular complexity index is 1180. The molecule has 3 aromatic heterocycles. The van der Waals surface area contributed by atoms with Crippen LogP contribution in [0.15, 0.2) is 37.1 Å². The highest BCUT2D eigenvalue weighted by Gasteiger charge is 2.32. The number of amides is 1. The molecule has 33 heavy (non-hydrogen) atoms. The summed E-state index contributed by atoms with van der Waals surface area (Å²) in [5.41, 5.74) is 4.04. The van der Waals surface area contributed by atoms with E-state index in [0.29, 0.717) is 23.6 Å². The van der Waals surface area contributed by atoms with Crippen molar-refractivity contribution < 1.29 is 9.90 Å². The molecule has 5 heterocycles. The zero-order chi connectivity index (χ0) is 23.2. The lowest BCUT2D eigenvalue weighted by molar-refractivity contribution is 0.0110. The van der Waals surface area contributed by atoms with Crippen molar-refractivity contribution in [1.29, 1.82) is 0 Å². The molecule has 0 bridgehead atoms. The summed E-state index contributed by atoms with van der Waals surface area (Å²) in [6.45, 7) is 5.96. The molecule has 0 aliphatic carbocycles. The Morgan fingerprint density at radius 1 is 1.21 bits per heavy atom. The van der Waals surface area contributed by atoms with Crippen molar-refractivity contribution in [3.8, 4) is 11.4 Å². The Balaban J connectivity index is 1.38. The molecule has 1 atom stereocenters. The fourth-order valence-corrected chi connectivity index (χ4v) is 4.72. The molecule has 2 aliphatic heterocycles. The molecule has 1 amide bonds. The number of hydrogen-bond donors (Lipinski definition) is 3. The fourth-order valence-electron chi connectivity index (χ4n) is 4.72. The molecule has 0 unspecified atom stereocenters. The lowest BCUT2D eigenvalue weighted by Crippen LogP contribution is -2.44. The second-order valence-corrected chi connectivity index (χ2v) is 9.41. The fraction of sp³-hybridized carbons (Fsp3) is 0.417. The van der Waals surface area contributed by atoms with Crippen LogP contribution in [-0.4, -0.2) is 49.2 Å². The van der Waals surface area contributed by atoms with E-state index in [2.05, 4.69) is 30.5 Å². The van der Waals surface area contributed by atoms with Gasteiger partial charge in [0.2, 0.25) is 0 Å². The van der Waals surface area contributed by atoms with E-state index in [4.69, 9.17) is 0 Å².